The van der Waals surface area contributed by atoms with Crippen LogP contribution in [0, 0.1) is 0 Å². The first-order chi connectivity index (χ1) is 9.72. The van der Waals surface area contributed by atoms with Crippen LogP contribution in [-0.4, -0.2) is 45.3 Å². The number of nitrogen functional groups attached to an aromatic ring is 1. The van der Waals surface area contributed by atoms with E-state index in [-0.39, 0.29) is 18.1 Å². The summed E-state index contributed by atoms with van der Waals surface area (Å²) in [5, 5.41) is 13.2. The molecule has 0 spiro atoms. The van der Waals surface area contributed by atoms with E-state index in [2.05, 4.69) is 25.2 Å². The Morgan fingerprint density at radius 2 is 1.80 bits per heavy atom. The van der Waals surface area contributed by atoms with Crippen molar-refractivity contribution in [3.8, 4) is 0 Å². The van der Waals surface area contributed by atoms with Crippen molar-refractivity contribution in [1.29, 1.82) is 0 Å². The van der Waals surface area contributed by atoms with E-state index >= 15 is 0 Å². The van der Waals surface area contributed by atoms with E-state index in [9.17, 15) is 5.11 Å². The number of hydrogen-bond acceptors (Lipinski definition) is 7. The molecule has 1 aromatic heterocycles. The smallest absolute Gasteiger partial charge is 0.231 e. The summed E-state index contributed by atoms with van der Waals surface area (Å²) in [5.41, 5.74) is 5.78. The summed E-state index contributed by atoms with van der Waals surface area (Å²) < 4.78 is 0. The Balaban J connectivity index is 1.75. The highest BCUT2D eigenvalue weighted by Crippen LogP contribution is 2.22. The normalized spacial score (nSPS) is 26.8. The van der Waals surface area contributed by atoms with Gasteiger partial charge >= 0.3 is 0 Å². The lowest BCUT2D eigenvalue weighted by Gasteiger charge is -2.28. The van der Waals surface area contributed by atoms with Gasteiger partial charge in [-0.25, -0.2) is 0 Å². The van der Waals surface area contributed by atoms with Gasteiger partial charge in [-0.15, -0.1) is 0 Å². The van der Waals surface area contributed by atoms with Crippen molar-refractivity contribution in [2.45, 2.75) is 50.7 Å². The molecule has 1 aliphatic carbocycles. The van der Waals surface area contributed by atoms with Gasteiger partial charge in [0.1, 0.15) is 0 Å². The van der Waals surface area contributed by atoms with E-state index < -0.39 is 0 Å². The first-order valence-corrected chi connectivity index (χ1v) is 7.43. The summed E-state index contributed by atoms with van der Waals surface area (Å²) >= 11 is 0. The summed E-state index contributed by atoms with van der Waals surface area (Å²) in [6, 6.07) is 0.0111. The second kappa shape index (κ2) is 5.78. The molecule has 2 heterocycles. The van der Waals surface area contributed by atoms with Crippen LogP contribution in [0.3, 0.4) is 0 Å². The highest BCUT2D eigenvalue weighted by atomic mass is 16.3. The number of rotatable bonds is 3. The van der Waals surface area contributed by atoms with Crippen LogP contribution < -0.4 is 16.0 Å². The van der Waals surface area contributed by atoms with Crippen LogP contribution in [-0.2, 0) is 0 Å². The standard InChI is InChI=1S/C13H22N6O/c14-11-16-12(15-9-5-1-2-6-10(9)20)18-13(17-11)19-7-3-4-8-19/h9-10,20H,1-8H2,(H3,14,15,16,17,18). The zero-order valence-electron chi connectivity index (χ0n) is 11.6. The van der Waals surface area contributed by atoms with Crippen LogP contribution in [0.1, 0.15) is 38.5 Å². The van der Waals surface area contributed by atoms with E-state index in [1.807, 2.05) is 0 Å². The number of aromatic nitrogens is 3. The Labute approximate surface area is 118 Å². The predicted molar refractivity (Wildman–Crippen MR) is 77.6 cm³/mol. The van der Waals surface area contributed by atoms with Gasteiger partial charge in [0.15, 0.2) is 0 Å². The zero-order valence-corrected chi connectivity index (χ0v) is 11.6. The highest BCUT2D eigenvalue weighted by molar-refractivity contribution is 5.43. The van der Waals surface area contributed by atoms with Gasteiger partial charge < -0.3 is 21.1 Å². The maximum absolute atomic E-state index is 10.0. The van der Waals surface area contributed by atoms with E-state index in [1.165, 1.54) is 0 Å². The number of nitrogens with two attached hydrogens (primary N) is 1. The molecule has 0 radical (unpaired) electrons. The molecule has 0 aromatic carbocycles. The lowest BCUT2D eigenvalue weighted by molar-refractivity contribution is 0.116. The van der Waals surface area contributed by atoms with Crippen molar-refractivity contribution in [3.05, 3.63) is 0 Å². The molecule has 20 heavy (non-hydrogen) atoms. The third-order valence-corrected chi connectivity index (χ3v) is 4.07. The monoisotopic (exact) mass is 278 g/mol. The van der Waals surface area contributed by atoms with Gasteiger partial charge in [0, 0.05) is 13.1 Å². The molecule has 1 saturated heterocycles. The summed E-state index contributed by atoms with van der Waals surface area (Å²) in [5.74, 6) is 1.35. The molecular formula is C13H22N6O. The molecule has 7 nitrogen and oxygen atoms in total. The third kappa shape index (κ3) is 2.92. The van der Waals surface area contributed by atoms with Gasteiger partial charge in [-0.3, -0.25) is 0 Å². The quantitative estimate of drug-likeness (QED) is 0.750. The maximum Gasteiger partial charge on any atom is 0.231 e. The van der Waals surface area contributed by atoms with E-state index in [0.717, 1.165) is 51.6 Å². The number of nitrogens with zero attached hydrogens (tertiary/aromatic N) is 4. The first-order valence-electron chi connectivity index (χ1n) is 7.43. The fraction of sp³-hybridized carbons (Fsp3) is 0.769. The molecule has 2 unspecified atom stereocenters. The van der Waals surface area contributed by atoms with Crippen LogP contribution in [0.5, 0.6) is 0 Å². The minimum atomic E-state index is -0.336. The van der Waals surface area contributed by atoms with Gasteiger partial charge in [-0.2, -0.15) is 15.0 Å². The minimum absolute atomic E-state index is 0.0111. The molecule has 110 valence electrons. The molecule has 4 N–H and O–H groups in total. The molecule has 1 aromatic rings. The SMILES string of the molecule is Nc1nc(NC2CCCCC2O)nc(N2CCCC2)n1. The lowest BCUT2D eigenvalue weighted by atomic mass is 9.93. The van der Waals surface area contributed by atoms with Crippen LogP contribution in [0.25, 0.3) is 0 Å². The van der Waals surface area contributed by atoms with E-state index in [1.54, 1.807) is 0 Å². The van der Waals surface area contributed by atoms with Crippen LogP contribution in [0.15, 0.2) is 0 Å². The zero-order chi connectivity index (χ0) is 13.9. The van der Waals surface area contributed by atoms with Gasteiger partial charge in [0.05, 0.1) is 12.1 Å². The number of hydrogen-bond donors (Lipinski definition) is 3. The van der Waals surface area contributed by atoms with Crippen molar-refractivity contribution >= 4 is 17.8 Å². The van der Waals surface area contributed by atoms with Crippen LogP contribution in [0.4, 0.5) is 17.8 Å². The Hall–Kier alpha value is -1.63. The summed E-state index contributed by atoms with van der Waals surface area (Å²) in [7, 11) is 0. The summed E-state index contributed by atoms with van der Waals surface area (Å²) in [4.78, 5) is 14.9. The summed E-state index contributed by atoms with van der Waals surface area (Å²) in [6.45, 7) is 1.93. The second-order valence-corrected chi connectivity index (χ2v) is 5.61. The van der Waals surface area contributed by atoms with E-state index in [0.29, 0.717) is 11.9 Å². The molecular weight excluding hydrogens is 256 g/mol. The van der Waals surface area contributed by atoms with E-state index in [4.69, 9.17) is 5.73 Å². The van der Waals surface area contributed by atoms with Gasteiger partial charge in [0.2, 0.25) is 17.8 Å². The average molecular weight is 278 g/mol. The minimum Gasteiger partial charge on any atom is -0.391 e. The Morgan fingerprint density at radius 3 is 2.55 bits per heavy atom. The van der Waals surface area contributed by atoms with Crippen LogP contribution >= 0.6 is 0 Å². The van der Waals surface area contributed by atoms with Crippen molar-refractivity contribution < 1.29 is 5.11 Å². The molecule has 2 fully saturated rings. The second-order valence-electron chi connectivity index (χ2n) is 5.61. The number of anilines is 3. The highest BCUT2D eigenvalue weighted by Gasteiger charge is 2.24. The van der Waals surface area contributed by atoms with Crippen molar-refractivity contribution in [2.75, 3.05) is 29.0 Å². The molecule has 7 heteroatoms. The predicted octanol–water partition coefficient (Wildman–Crippen LogP) is 0.769. The van der Waals surface area contributed by atoms with Gasteiger partial charge in [-0.05, 0) is 25.7 Å². The molecule has 0 amide bonds. The maximum atomic E-state index is 10.0. The van der Waals surface area contributed by atoms with Crippen LogP contribution in [0.2, 0.25) is 0 Å². The van der Waals surface area contributed by atoms with Gasteiger partial charge in [-0.1, -0.05) is 12.8 Å². The number of aliphatic hydroxyl groups excluding tert-OH is 1. The average Bonchev–Trinajstić information content (AvgIpc) is 2.95. The molecule has 3 rings (SSSR count). The van der Waals surface area contributed by atoms with Crippen molar-refractivity contribution in [1.82, 2.24) is 15.0 Å². The number of aliphatic hydroxyl groups is 1. The first kappa shape index (κ1) is 13.4. The topological polar surface area (TPSA) is 100 Å². The Bertz CT molecular complexity index is 462. The molecule has 0 bridgehead atoms. The Morgan fingerprint density at radius 1 is 1.05 bits per heavy atom. The number of nitrogens with one attached hydrogen (secondary N) is 1. The molecule has 2 atom stereocenters. The van der Waals surface area contributed by atoms with Crippen molar-refractivity contribution in [3.63, 3.8) is 0 Å². The molecule has 2 aliphatic rings. The molecule has 1 saturated carbocycles. The Kier molecular flexibility index (Phi) is 3.86. The summed E-state index contributed by atoms with van der Waals surface area (Å²) in [6.07, 6.45) is 5.96. The third-order valence-electron chi connectivity index (χ3n) is 4.07. The van der Waals surface area contributed by atoms with Gasteiger partial charge in [0.25, 0.3) is 0 Å². The largest absolute Gasteiger partial charge is 0.391 e. The van der Waals surface area contributed by atoms with Crippen molar-refractivity contribution in [2.24, 2.45) is 0 Å². The fourth-order valence-corrected chi connectivity index (χ4v) is 2.95. The fourth-order valence-electron chi connectivity index (χ4n) is 2.95. The lowest BCUT2D eigenvalue weighted by Crippen LogP contribution is -2.37. The molecule has 1 aliphatic heterocycles.